The number of ether oxygens (including phenoxy) is 4. The molecule has 23 heavy (non-hydrogen) atoms. The molecule has 5 heteroatoms. The van der Waals surface area contributed by atoms with E-state index in [4.69, 9.17) is 18.9 Å². The summed E-state index contributed by atoms with van der Waals surface area (Å²) in [7, 11) is 6.51. The van der Waals surface area contributed by atoms with Crippen LogP contribution in [0.15, 0.2) is 24.3 Å². The first-order valence-corrected chi connectivity index (χ1v) is 7.33. The van der Waals surface area contributed by atoms with Gasteiger partial charge in [-0.15, -0.1) is 0 Å². The number of phenolic OH excluding ortho intramolecular Hbond substituents is 1. The van der Waals surface area contributed by atoms with Crippen molar-refractivity contribution in [2.45, 2.75) is 12.5 Å². The highest BCUT2D eigenvalue weighted by molar-refractivity contribution is 6.01. The van der Waals surface area contributed by atoms with Gasteiger partial charge < -0.3 is 24.1 Å². The van der Waals surface area contributed by atoms with E-state index >= 15 is 0 Å². The molecule has 0 fully saturated rings. The molecule has 2 aromatic rings. The highest BCUT2D eigenvalue weighted by Crippen LogP contribution is 2.47. The Bertz CT molecular complexity index is 779. The fraction of sp³-hybridized carbons (Fsp3) is 0.333. The van der Waals surface area contributed by atoms with Crippen molar-refractivity contribution >= 4 is 16.5 Å². The predicted molar refractivity (Wildman–Crippen MR) is 88.2 cm³/mol. The predicted octanol–water partition coefficient (Wildman–Crippen LogP) is 3.12. The molecule has 0 spiro atoms. The molecule has 0 amide bonds. The Balaban J connectivity index is 2.43. The van der Waals surface area contributed by atoms with Gasteiger partial charge in [-0.2, -0.15) is 0 Å². The zero-order valence-electron chi connectivity index (χ0n) is 13.7. The molecule has 0 aromatic heterocycles. The van der Waals surface area contributed by atoms with Crippen molar-refractivity contribution in [2.75, 3.05) is 28.4 Å². The summed E-state index contributed by atoms with van der Waals surface area (Å²) < 4.78 is 22.3. The molecule has 1 aliphatic carbocycles. The molecule has 3 rings (SSSR count). The lowest BCUT2D eigenvalue weighted by molar-refractivity contribution is 0.137. The van der Waals surface area contributed by atoms with Crippen LogP contribution in [0.5, 0.6) is 17.2 Å². The topological polar surface area (TPSA) is 57.2 Å². The maximum absolute atomic E-state index is 9.86. The lowest BCUT2D eigenvalue weighted by Gasteiger charge is -2.27. The summed E-state index contributed by atoms with van der Waals surface area (Å²) in [6.07, 6.45) is 2.53. The molecule has 122 valence electrons. The van der Waals surface area contributed by atoms with Gasteiger partial charge >= 0.3 is 0 Å². The third-order valence-electron chi connectivity index (χ3n) is 4.22. The Labute approximate surface area is 135 Å². The number of benzene rings is 2. The minimum absolute atomic E-state index is 0.0920. The molecule has 1 aliphatic rings. The third kappa shape index (κ3) is 2.37. The largest absolute Gasteiger partial charge is 0.508 e. The number of hydrogen-bond acceptors (Lipinski definition) is 5. The Kier molecular flexibility index (Phi) is 4.05. The molecule has 0 saturated heterocycles. The van der Waals surface area contributed by atoms with Gasteiger partial charge in [0, 0.05) is 30.0 Å². The molecule has 1 atom stereocenters. The minimum Gasteiger partial charge on any atom is -0.508 e. The summed E-state index contributed by atoms with van der Waals surface area (Å²) in [5.41, 5.74) is 1.93. The van der Waals surface area contributed by atoms with Gasteiger partial charge in [-0.1, -0.05) is 0 Å². The van der Waals surface area contributed by atoms with Crippen molar-refractivity contribution in [1.82, 2.24) is 0 Å². The first kappa shape index (κ1) is 15.5. The zero-order chi connectivity index (χ0) is 16.6. The average molecular weight is 316 g/mol. The first-order valence-electron chi connectivity index (χ1n) is 7.33. The lowest BCUT2D eigenvalue weighted by Crippen LogP contribution is -2.19. The summed E-state index contributed by atoms with van der Waals surface area (Å²) in [5.74, 6) is 2.15. The molecular weight excluding hydrogens is 296 g/mol. The van der Waals surface area contributed by atoms with Crippen LogP contribution in [0.4, 0.5) is 0 Å². The second-order valence-corrected chi connectivity index (χ2v) is 5.36. The second kappa shape index (κ2) is 6.01. The minimum atomic E-state index is -0.0920. The van der Waals surface area contributed by atoms with Crippen molar-refractivity contribution in [3.63, 3.8) is 0 Å². The van der Waals surface area contributed by atoms with Crippen molar-refractivity contribution in [3.05, 3.63) is 35.4 Å². The summed E-state index contributed by atoms with van der Waals surface area (Å²) >= 11 is 0. The van der Waals surface area contributed by atoms with Crippen LogP contribution in [0.1, 0.15) is 11.1 Å². The highest BCUT2D eigenvalue weighted by Gasteiger charge is 2.29. The van der Waals surface area contributed by atoms with Gasteiger partial charge in [0.05, 0.1) is 27.4 Å². The fourth-order valence-corrected chi connectivity index (χ4v) is 3.20. The highest BCUT2D eigenvalue weighted by atomic mass is 16.5. The number of fused-ring (bicyclic) bond motifs is 3. The van der Waals surface area contributed by atoms with E-state index < -0.39 is 0 Å². The SMILES string of the molecule is COC1=CC(OC)Cc2c(OC)c(OC)c3cc(O)ccc3c21. The van der Waals surface area contributed by atoms with Gasteiger partial charge in [-0.3, -0.25) is 0 Å². The molecule has 5 nitrogen and oxygen atoms in total. The average Bonchev–Trinajstić information content (AvgIpc) is 2.58. The van der Waals surface area contributed by atoms with Crippen LogP contribution in [0.25, 0.3) is 16.5 Å². The van der Waals surface area contributed by atoms with Crippen LogP contribution in [0, 0.1) is 0 Å². The molecule has 0 heterocycles. The maximum atomic E-state index is 9.86. The number of phenols is 1. The van der Waals surface area contributed by atoms with Gasteiger partial charge in [0.1, 0.15) is 11.5 Å². The Morgan fingerprint density at radius 3 is 2.30 bits per heavy atom. The summed E-state index contributed by atoms with van der Waals surface area (Å²) in [6.45, 7) is 0. The molecule has 2 aromatic carbocycles. The van der Waals surface area contributed by atoms with E-state index in [2.05, 4.69) is 0 Å². The van der Waals surface area contributed by atoms with Crippen molar-refractivity contribution in [2.24, 2.45) is 0 Å². The number of methoxy groups -OCH3 is 4. The molecule has 0 radical (unpaired) electrons. The van der Waals surface area contributed by atoms with Gasteiger partial charge in [0.2, 0.25) is 0 Å². The van der Waals surface area contributed by atoms with Crippen LogP contribution >= 0.6 is 0 Å². The lowest BCUT2D eigenvalue weighted by atomic mass is 9.88. The number of rotatable bonds is 4. The number of aromatic hydroxyl groups is 1. The summed E-state index contributed by atoms with van der Waals surface area (Å²) in [5, 5.41) is 11.6. The van der Waals surface area contributed by atoms with Crippen LogP contribution in [-0.4, -0.2) is 39.6 Å². The van der Waals surface area contributed by atoms with E-state index in [-0.39, 0.29) is 11.9 Å². The Morgan fingerprint density at radius 2 is 1.70 bits per heavy atom. The van der Waals surface area contributed by atoms with Gasteiger partial charge in [0.15, 0.2) is 11.5 Å². The monoisotopic (exact) mass is 316 g/mol. The van der Waals surface area contributed by atoms with E-state index in [1.165, 1.54) is 0 Å². The normalized spacial score (nSPS) is 16.7. The molecule has 0 saturated carbocycles. The standard InChI is InChI=1S/C18H20O5/c1-20-11-8-14-16(15(9-11)21-2)12-6-5-10(19)7-13(12)17(22-3)18(14)23-4/h5-7,9,11,19H,8H2,1-4H3. The third-order valence-corrected chi connectivity index (χ3v) is 4.22. The fourth-order valence-electron chi connectivity index (χ4n) is 3.20. The van der Waals surface area contributed by atoms with E-state index in [0.717, 1.165) is 27.7 Å². The number of hydrogen-bond donors (Lipinski definition) is 1. The summed E-state index contributed by atoms with van der Waals surface area (Å²) in [4.78, 5) is 0. The molecule has 1 unspecified atom stereocenters. The second-order valence-electron chi connectivity index (χ2n) is 5.36. The van der Waals surface area contributed by atoms with E-state index in [1.54, 1.807) is 40.6 Å². The van der Waals surface area contributed by atoms with Gasteiger partial charge in [-0.25, -0.2) is 0 Å². The van der Waals surface area contributed by atoms with Gasteiger partial charge in [-0.05, 0) is 29.7 Å². The zero-order valence-corrected chi connectivity index (χ0v) is 13.7. The molecule has 0 bridgehead atoms. The summed E-state index contributed by atoms with van der Waals surface area (Å²) in [6, 6.07) is 5.20. The van der Waals surface area contributed by atoms with E-state index in [9.17, 15) is 5.11 Å². The van der Waals surface area contributed by atoms with Crippen LogP contribution in [0.3, 0.4) is 0 Å². The van der Waals surface area contributed by atoms with Crippen molar-refractivity contribution in [3.8, 4) is 17.2 Å². The van der Waals surface area contributed by atoms with Crippen molar-refractivity contribution < 1.29 is 24.1 Å². The Hall–Kier alpha value is -2.40. The van der Waals surface area contributed by atoms with E-state index in [1.807, 2.05) is 12.1 Å². The quantitative estimate of drug-likeness (QED) is 0.939. The molecule has 1 N–H and O–H groups in total. The maximum Gasteiger partial charge on any atom is 0.168 e. The first-order chi connectivity index (χ1) is 11.1. The smallest absolute Gasteiger partial charge is 0.168 e. The van der Waals surface area contributed by atoms with Crippen LogP contribution in [-0.2, 0) is 15.9 Å². The van der Waals surface area contributed by atoms with E-state index in [0.29, 0.717) is 17.9 Å². The molecule has 0 aliphatic heterocycles. The molecular formula is C18H20O5. The van der Waals surface area contributed by atoms with Crippen LogP contribution in [0.2, 0.25) is 0 Å². The Morgan fingerprint density at radius 1 is 0.957 bits per heavy atom. The van der Waals surface area contributed by atoms with Crippen molar-refractivity contribution in [1.29, 1.82) is 0 Å². The van der Waals surface area contributed by atoms with Crippen LogP contribution < -0.4 is 9.47 Å². The van der Waals surface area contributed by atoms with Gasteiger partial charge in [0.25, 0.3) is 0 Å².